The summed E-state index contributed by atoms with van der Waals surface area (Å²) in [6, 6.07) is 53.9. The molecule has 0 aliphatic rings. The van der Waals surface area contributed by atoms with Gasteiger partial charge in [0.1, 0.15) is 11.2 Å². The van der Waals surface area contributed by atoms with Crippen molar-refractivity contribution in [3.8, 4) is 39.9 Å². The first-order valence-electron chi connectivity index (χ1n) is 16.9. The molecule has 238 valence electrons. The number of para-hydroxylation sites is 3. The van der Waals surface area contributed by atoms with Gasteiger partial charge in [0, 0.05) is 55.2 Å². The van der Waals surface area contributed by atoms with Crippen LogP contribution in [0.2, 0.25) is 0 Å². The summed E-state index contributed by atoms with van der Waals surface area (Å²) in [5.74, 6) is 1.75. The van der Waals surface area contributed by atoms with Crippen LogP contribution in [0, 0.1) is 0 Å². The van der Waals surface area contributed by atoms with Gasteiger partial charge in [-0.2, -0.15) is 0 Å². The van der Waals surface area contributed by atoms with E-state index in [9.17, 15) is 0 Å². The Kier molecular flexibility index (Phi) is 5.86. The molecule has 0 aliphatic carbocycles. The molecule has 0 spiro atoms. The zero-order valence-corrected chi connectivity index (χ0v) is 27.1. The highest BCUT2D eigenvalue weighted by molar-refractivity contribution is 6.20. The highest BCUT2D eigenvalue weighted by Crippen LogP contribution is 2.42. The van der Waals surface area contributed by atoms with E-state index in [0.717, 1.165) is 66.1 Å². The SMILES string of the molecule is c1ccc(-c2nc(-c3ccccc3)nc(-c3cccc4c3oc3c4ccc4c5ccc(-n6c7ccccc7c7ccccc76)cc5oc43)n2)cc1. The van der Waals surface area contributed by atoms with Gasteiger partial charge in [-0.05, 0) is 42.5 Å². The van der Waals surface area contributed by atoms with Gasteiger partial charge in [-0.1, -0.05) is 109 Å². The molecule has 4 heterocycles. The summed E-state index contributed by atoms with van der Waals surface area (Å²) in [7, 11) is 0. The van der Waals surface area contributed by atoms with E-state index in [1.807, 2.05) is 72.8 Å². The Labute approximate surface area is 290 Å². The maximum Gasteiger partial charge on any atom is 0.178 e. The summed E-state index contributed by atoms with van der Waals surface area (Å²) < 4.78 is 15.8. The minimum atomic E-state index is 0.545. The standard InChI is InChI=1S/C45H26N4O2/c1-3-12-27(13-4-1)43-46-44(28-14-5-2-6-15-28)48-45(47-43)36-19-11-18-33-35-25-24-34-32-23-22-29(26-39(32)50-41(34)42(35)51-40(33)36)49-37-20-9-7-16-30(37)31-17-8-10-21-38(31)49/h1-26H. The van der Waals surface area contributed by atoms with E-state index in [4.69, 9.17) is 23.8 Å². The van der Waals surface area contributed by atoms with Crippen LogP contribution in [0.1, 0.15) is 0 Å². The van der Waals surface area contributed by atoms with Crippen LogP contribution in [0.3, 0.4) is 0 Å². The first-order chi connectivity index (χ1) is 25.3. The van der Waals surface area contributed by atoms with Crippen molar-refractivity contribution in [3.05, 3.63) is 158 Å². The van der Waals surface area contributed by atoms with Gasteiger partial charge in [0.05, 0.1) is 16.6 Å². The van der Waals surface area contributed by atoms with Gasteiger partial charge in [-0.15, -0.1) is 0 Å². The Morgan fingerprint density at radius 2 is 0.882 bits per heavy atom. The lowest BCUT2D eigenvalue weighted by molar-refractivity contribution is 0.633. The molecule has 4 aromatic heterocycles. The zero-order valence-electron chi connectivity index (χ0n) is 27.1. The van der Waals surface area contributed by atoms with Gasteiger partial charge in [0.25, 0.3) is 0 Å². The average molecular weight is 655 g/mol. The monoisotopic (exact) mass is 654 g/mol. The molecule has 0 radical (unpaired) electrons. The van der Waals surface area contributed by atoms with Crippen LogP contribution >= 0.6 is 0 Å². The number of fused-ring (bicyclic) bond motifs is 10. The second-order valence-electron chi connectivity index (χ2n) is 12.8. The van der Waals surface area contributed by atoms with Crippen molar-refractivity contribution in [2.75, 3.05) is 0 Å². The Morgan fingerprint density at radius 3 is 1.55 bits per heavy atom. The van der Waals surface area contributed by atoms with Crippen molar-refractivity contribution in [2.45, 2.75) is 0 Å². The third kappa shape index (κ3) is 4.20. The summed E-state index contributed by atoms with van der Waals surface area (Å²) in [4.78, 5) is 14.8. The maximum atomic E-state index is 6.79. The number of hydrogen-bond acceptors (Lipinski definition) is 5. The lowest BCUT2D eigenvalue weighted by Crippen LogP contribution is -2.00. The molecule has 0 aliphatic heterocycles. The molecule has 51 heavy (non-hydrogen) atoms. The molecule has 0 saturated heterocycles. The molecule has 0 saturated carbocycles. The molecule has 6 nitrogen and oxygen atoms in total. The number of rotatable bonds is 4. The van der Waals surface area contributed by atoms with E-state index in [1.54, 1.807) is 0 Å². The maximum absolute atomic E-state index is 6.79. The van der Waals surface area contributed by atoms with E-state index in [0.29, 0.717) is 28.6 Å². The van der Waals surface area contributed by atoms with Gasteiger partial charge in [-0.25, -0.2) is 15.0 Å². The first kappa shape index (κ1) is 27.9. The Morgan fingerprint density at radius 1 is 0.373 bits per heavy atom. The zero-order chi connectivity index (χ0) is 33.5. The number of hydrogen-bond donors (Lipinski definition) is 0. The van der Waals surface area contributed by atoms with E-state index < -0.39 is 0 Å². The topological polar surface area (TPSA) is 69.9 Å². The fourth-order valence-corrected chi connectivity index (χ4v) is 7.52. The fraction of sp³-hybridized carbons (Fsp3) is 0. The van der Waals surface area contributed by atoms with Crippen molar-refractivity contribution in [2.24, 2.45) is 0 Å². The number of aromatic nitrogens is 4. The second kappa shape index (κ2) is 10.7. The molecule has 11 aromatic rings. The van der Waals surface area contributed by atoms with Crippen LogP contribution in [0.5, 0.6) is 0 Å². The molecule has 7 aromatic carbocycles. The van der Waals surface area contributed by atoms with E-state index in [2.05, 4.69) is 89.5 Å². The quantitative estimate of drug-likeness (QED) is 0.189. The summed E-state index contributed by atoms with van der Waals surface area (Å²) in [5.41, 5.74) is 8.90. The minimum absolute atomic E-state index is 0.545. The largest absolute Gasteiger partial charge is 0.452 e. The van der Waals surface area contributed by atoms with E-state index >= 15 is 0 Å². The molecule has 0 N–H and O–H groups in total. The molecule has 0 bridgehead atoms. The number of furan rings is 2. The molecule has 0 fully saturated rings. The molecule has 0 unspecified atom stereocenters. The molecule has 6 heteroatoms. The number of benzene rings is 7. The summed E-state index contributed by atoms with van der Waals surface area (Å²) in [6.45, 7) is 0. The smallest absolute Gasteiger partial charge is 0.178 e. The van der Waals surface area contributed by atoms with E-state index in [-0.39, 0.29) is 0 Å². The second-order valence-corrected chi connectivity index (χ2v) is 12.8. The van der Waals surface area contributed by atoms with Crippen molar-refractivity contribution in [3.63, 3.8) is 0 Å². The third-order valence-electron chi connectivity index (χ3n) is 9.87. The van der Waals surface area contributed by atoms with E-state index in [1.165, 1.54) is 10.8 Å². The van der Waals surface area contributed by atoms with Crippen LogP contribution in [-0.4, -0.2) is 19.5 Å². The van der Waals surface area contributed by atoms with Crippen LogP contribution in [0.15, 0.2) is 167 Å². The summed E-state index contributed by atoms with van der Waals surface area (Å²) >= 11 is 0. The predicted molar refractivity (Wildman–Crippen MR) is 205 cm³/mol. The Hall–Kier alpha value is -7.05. The summed E-state index contributed by atoms with van der Waals surface area (Å²) in [5, 5.41) is 6.44. The molecule has 11 rings (SSSR count). The van der Waals surface area contributed by atoms with Crippen LogP contribution < -0.4 is 0 Å². The fourth-order valence-electron chi connectivity index (χ4n) is 7.52. The van der Waals surface area contributed by atoms with Crippen LogP contribution in [0.4, 0.5) is 0 Å². The minimum Gasteiger partial charge on any atom is -0.452 e. The molecular weight excluding hydrogens is 629 g/mol. The summed E-state index contributed by atoms with van der Waals surface area (Å²) in [6.07, 6.45) is 0. The lowest BCUT2D eigenvalue weighted by Gasteiger charge is -2.08. The van der Waals surface area contributed by atoms with Crippen molar-refractivity contribution >= 4 is 65.7 Å². The predicted octanol–water partition coefficient (Wildman–Crippen LogP) is 11.8. The number of nitrogens with zero attached hydrogens (tertiary/aromatic N) is 4. The van der Waals surface area contributed by atoms with Crippen LogP contribution in [0.25, 0.3) is 106 Å². The highest BCUT2D eigenvalue weighted by atomic mass is 16.4. The Bertz CT molecular complexity index is 3030. The van der Waals surface area contributed by atoms with Gasteiger partial charge < -0.3 is 13.4 Å². The highest BCUT2D eigenvalue weighted by Gasteiger charge is 2.21. The van der Waals surface area contributed by atoms with Crippen molar-refractivity contribution in [1.29, 1.82) is 0 Å². The average Bonchev–Trinajstić information content (AvgIpc) is 3.88. The first-order valence-corrected chi connectivity index (χ1v) is 16.9. The van der Waals surface area contributed by atoms with Gasteiger partial charge >= 0.3 is 0 Å². The van der Waals surface area contributed by atoms with Crippen LogP contribution in [-0.2, 0) is 0 Å². The molecule has 0 amide bonds. The van der Waals surface area contributed by atoms with Gasteiger partial charge in [-0.3, -0.25) is 0 Å². The Balaban J connectivity index is 1.11. The lowest BCUT2D eigenvalue weighted by atomic mass is 10.1. The van der Waals surface area contributed by atoms with Crippen molar-refractivity contribution < 1.29 is 8.83 Å². The molecular formula is C45H26N4O2. The molecule has 0 atom stereocenters. The van der Waals surface area contributed by atoms with Gasteiger partial charge in [0.2, 0.25) is 0 Å². The van der Waals surface area contributed by atoms with Crippen molar-refractivity contribution in [1.82, 2.24) is 19.5 Å². The third-order valence-corrected chi connectivity index (χ3v) is 9.87. The van der Waals surface area contributed by atoms with Gasteiger partial charge in [0.15, 0.2) is 28.6 Å². The normalized spacial score (nSPS) is 11.9.